The standard InChI is InChI=1S/C9H20N2/c1-4-11-7-5-6-9(10-11)8(2)3/h8-10H,4-7H2,1-3H3. The van der Waals surface area contributed by atoms with Crippen LogP contribution in [0.3, 0.4) is 0 Å². The van der Waals surface area contributed by atoms with E-state index < -0.39 is 0 Å². The fraction of sp³-hybridized carbons (Fsp3) is 1.00. The molecule has 2 heteroatoms. The molecule has 0 saturated carbocycles. The zero-order chi connectivity index (χ0) is 8.27. The zero-order valence-electron chi connectivity index (χ0n) is 7.93. The molecule has 11 heavy (non-hydrogen) atoms. The summed E-state index contributed by atoms with van der Waals surface area (Å²) in [4.78, 5) is 0. The van der Waals surface area contributed by atoms with Gasteiger partial charge in [0.05, 0.1) is 0 Å². The number of hydrogen-bond acceptors (Lipinski definition) is 2. The first-order valence-electron chi connectivity index (χ1n) is 4.75. The van der Waals surface area contributed by atoms with Crippen molar-refractivity contribution in [1.82, 2.24) is 10.4 Å². The average molecular weight is 156 g/mol. The van der Waals surface area contributed by atoms with Crippen LogP contribution in [0.15, 0.2) is 0 Å². The van der Waals surface area contributed by atoms with Gasteiger partial charge in [-0.1, -0.05) is 20.8 Å². The molecule has 0 amide bonds. The van der Waals surface area contributed by atoms with Crippen molar-refractivity contribution in [3.63, 3.8) is 0 Å². The topological polar surface area (TPSA) is 15.3 Å². The van der Waals surface area contributed by atoms with E-state index in [1.54, 1.807) is 0 Å². The molecular formula is C9H20N2. The minimum absolute atomic E-state index is 0.712. The molecule has 1 atom stereocenters. The van der Waals surface area contributed by atoms with Crippen molar-refractivity contribution in [2.45, 2.75) is 39.7 Å². The monoisotopic (exact) mass is 156 g/mol. The van der Waals surface area contributed by atoms with Crippen molar-refractivity contribution < 1.29 is 0 Å². The lowest BCUT2D eigenvalue weighted by Gasteiger charge is -2.35. The molecule has 0 aromatic rings. The second-order valence-corrected chi connectivity index (χ2v) is 3.70. The maximum Gasteiger partial charge on any atom is 0.0238 e. The fourth-order valence-electron chi connectivity index (χ4n) is 1.60. The lowest BCUT2D eigenvalue weighted by Crippen LogP contribution is -2.51. The maximum absolute atomic E-state index is 3.54. The summed E-state index contributed by atoms with van der Waals surface area (Å²) in [6, 6.07) is 0.712. The summed E-state index contributed by atoms with van der Waals surface area (Å²) in [6.07, 6.45) is 2.69. The van der Waals surface area contributed by atoms with Crippen LogP contribution in [0, 0.1) is 5.92 Å². The van der Waals surface area contributed by atoms with Gasteiger partial charge in [0.15, 0.2) is 0 Å². The molecule has 1 N–H and O–H groups in total. The van der Waals surface area contributed by atoms with Crippen molar-refractivity contribution in [3.05, 3.63) is 0 Å². The quantitative estimate of drug-likeness (QED) is 0.653. The molecule has 1 heterocycles. The Morgan fingerprint density at radius 1 is 1.55 bits per heavy atom. The van der Waals surface area contributed by atoms with Crippen LogP contribution in [0.4, 0.5) is 0 Å². The second-order valence-electron chi connectivity index (χ2n) is 3.70. The number of hydrazine groups is 1. The fourth-order valence-corrected chi connectivity index (χ4v) is 1.60. The first kappa shape index (κ1) is 9.01. The molecule has 0 aliphatic carbocycles. The van der Waals surface area contributed by atoms with Crippen molar-refractivity contribution >= 4 is 0 Å². The van der Waals surface area contributed by atoms with Gasteiger partial charge in [-0.3, -0.25) is 5.43 Å². The molecule has 0 bridgehead atoms. The van der Waals surface area contributed by atoms with Crippen LogP contribution < -0.4 is 5.43 Å². The van der Waals surface area contributed by atoms with Crippen LogP contribution in [-0.4, -0.2) is 24.1 Å². The largest absolute Gasteiger partial charge is 0.252 e. The van der Waals surface area contributed by atoms with Crippen molar-refractivity contribution in [3.8, 4) is 0 Å². The SMILES string of the molecule is CCN1CCCC(C(C)C)N1. The third-order valence-corrected chi connectivity index (χ3v) is 2.48. The van der Waals surface area contributed by atoms with Gasteiger partial charge in [0.2, 0.25) is 0 Å². The van der Waals surface area contributed by atoms with Gasteiger partial charge >= 0.3 is 0 Å². The Labute approximate surface area is 69.9 Å². The van der Waals surface area contributed by atoms with Gasteiger partial charge in [-0.05, 0) is 18.8 Å². The zero-order valence-corrected chi connectivity index (χ0v) is 7.93. The molecule has 1 unspecified atom stereocenters. The highest BCUT2D eigenvalue weighted by molar-refractivity contribution is 4.74. The van der Waals surface area contributed by atoms with Gasteiger partial charge in [-0.25, -0.2) is 5.01 Å². The summed E-state index contributed by atoms with van der Waals surface area (Å²) in [7, 11) is 0. The first-order valence-corrected chi connectivity index (χ1v) is 4.75. The van der Waals surface area contributed by atoms with Crippen LogP contribution in [0.5, 0.6) is 0 Å². The highest BCUT2D eigenvalue weighted by Crippen LogP contribution is 2.13. The summed E-state index contributed by atoms with van der Waals surface area (Å²) in [6.45, 7) is 9.13. The van der Waals surface area contributed by atoms with Crippen molar-refractivity contribution in [2.75, 3.05) is 13.1 Å². The predicted molar refractivity (Wildman–Crippen MR) is 48.2 cm³/mol. The van der Waals surface area contributed by atoms with Crippen LogP contribution >= 0.6 is 0 Å². The van der Waals surface area contributed by atoms with E-state index in [4.69, 9.17) is 0 Å². The number of nitrogens with zero attached hydrogens (tertiary/aromatic N) is 1. The smallest absolute Gasteiger partial charge is 0.0238 e. The predicted octanol–water partition coefficient (Wildman–Crippen LogP) is 1.63. The Kier molecular flexibility index (Phi) is 3.34. The van der Waals surface area contributed by atoms with Gasteiger partial charge in [0.1, 0.15) is 0 Å². The summed E-state index contributed by atoms with van der Waals surface area (Å²) in [5.74, 6) is 0.768. The van der Waals surface area contributed by atoms with Gasteiger partial charge < -0.3 is 0 Å². The molecule has 66 valence electrons. The third-order valence-electron chi connectivity index (χ3n) is 2.48. The van der Waals surface area contributed by atoms with E-state index in [1.807, 2.05) is 0 Å². The minimum Gasteiger partial charge on any atom is -0.252 e. The minimum atomic E-state index is 0.712. The summed E-state index contributed by atoms with van der Waals surface area (Å²) in [5.41, 5.74) is 3.54. The Bertz CT molecular complexity index is 112. The number of rotatable bonds is 2. The molecule has 1 aliphatic rings. The first-order chi connectivity index (χ1) is 5.24. The lowest BCUT2D eigenvalue weighted by molar-refractivity contribution is 0.0991. The van der Waals surface area contributed by atoms with Gasteiger partial charge in [0, 0.05) is 19.1 Å². The van der Waals surface area contributed by atoms with E-state index in [2.05, 4.69) is 31.2 Å². The number of hydrogen-bond donors (Lipinski definition) is 1. The van der Waals surface area contributed by atoms with Gasteiger partial charge in [-0.2, -0.15) is 0 Å². The normalized spacial score (nSPS) is 27.8. The summed E-state index contributed by atoms with van der Waals surface area (Å²) in [5, 5.41) is 2.33. The highest BCUT2D eigenvalue weighted by Gasteiger charge is 2.19. The second kappa shape index (κ2) is 4.07. The molecule has 1 rings (SSSR count). The Morgan fingerprint density at radius 2 is 2.27 bits per heavy atom. The molecule has 0 radical (unpaired) electrons. The summed E-state index contributed by atoms with van der Waals surface area (Å²) < 4.78 is 0. The average Bonchev–Trinajstić information content (AvgIpc) is 2.05. The molecule has 1 aliphatic heterocycles. The molecular weight excluding hydrogens is 136 g/mol. The van der Waals surface area contributed by atoms with Crippen molar-refractivity contribution in [1.29, 1.82) is 0 Å². The van der Waals surface area contributed by atoms with Crippen LogP contribution in [0.25, 0.3) is 0 Å². The van der Waals surface area contributed by atoms with Gasteiger partial charge in [-0.15, -0.1) is 0 Å². The van der Waals surface area contributed by atoms with E-state index in [9.17, 15) is 0 Å². The molecule has 0 aromatic heterocycles. The van der Waals surface area contributed by atoms with E-state index in [0.717, 1.165) is 12.5 Å². The highest BCUT2D eigenvalue weighted by atomic mass is 15.5. The molecule has 0 aromatic carbocycles. The van der Waals surface area contributed by atoms with Crippen LogP contribution in [0.2, 0.25) is 0 Å². The summed E-state index contributed by atoms with van der Waals surface area (Å²) >= 11 is 0. The molecule has 2 nitrogen and oxygen atoms in total. The van der Waals surface area contributed by atoms with Crippen LogP contribution in [-0.2, 0) is 0 Å². The van der Waals surface area contributed by atoms with Crippen molar-refractivity contribution in [2.24, 2.45) is 5.92 Å². The molecule has 1 fully saturated rings. The lowest BCUT2D eigenvalue weighted by atomic mass is 9.98. The van der Waals surface area contributed by atoms with E-state index in [1.165, 1.54) is 19.4 Å². The Hall–Kier alpha value is -0.0800. The molecule has 0 spiro atoms. The third kappa shape index (κ3) is 2.46. The van der Waals surface area contributed by atoms with E-state index >= 15 is 0 Å². The van der Waals surface area contributed by atoms with Crippen LogP contribution in [0.1, 0.15) is 33.6 Å². The number of nitrogens with one attached hydrogen (secondary N) is 1. The van der Waals surface area contributed by atoms with E-state index in [-0.39, 0.29) is 0 Å². The maximum atomic E-state index is 3.54. The molecule has 1 saturated heterocycles. The Balaban J connectivity index is 2.33. The van der Waals surface area contributed by atoms with Gasteiger partial charge in [0.25, 0.3) is 0 Å². The van der Waals surface area contributed by atoms with E-state index in [0.29, 0.717) is 6.04 Å². The Morgan fingerprint density at radius 3 is 2.82 bits per heavy atom.